The van der Waals surface area contributed by atoms with Gasteiger partial charge in [0.25, 0.3) is 5.91 Å². The van der Waals surface area contributed by atoms with E-state index < -0.39 is 5.91 Å². The van der Waals surface area contributed by atoms with Gasteiger partial charge in [-0.3, -0.25) is 4.79 Å². The van der Waals surface area contributed by atoms with Gasteiger partial charge in [0.1, 0.15) is 6.33 Å². The molecule has 0 radical (unpaired) electrons. The molecule has 162 valence electrons. The Morgan fingerprint density at radius 3 is 2.48 bits per heavy atom. The van der Waals surface area contributed by atoms with Crippen molar-refractivity contribution in [3.05, 3.63) is 60.4 Å². The van der Waals surface area contributed by atoms with Gasteiger partial charge in [0.05, 0.1) is 31.2 Å². The third-order valence-corrected chi connectivity index (χ3v) is 4.39. The van der Waals surface area contributed by atoms with E-state index in [1.54, 1.807) is 55.1 Å². The molecule has 0 saturated heterocycles. The third-order valence-electron chi connectivity index (χ3n) is 4.39. The number of nitrogens with two attached hydrogens (primary N) is 1. The fourth-order valence-corrected chi connectivity index (χ4v) is 2.98. The van der Waals surface area contributed by atoms with Crippen molar-refractivity contribution in [2.24, 2.45) is 5.73 Å². The number of carbonyl (C=O) groups excluding carboxylic acids is 1. The van der Waals surface area contributed by atoms with E-state index in [0.717, 1.165) is 5.56 Å². The molecule has 1 amide bonds. The minimum Gasteiger partial charge on any atom is -0.493 e. The number of anilines is 2. The highest BCUT2D eigenvalue weighted by atomic mass is 16.5. The molecule has 9 heteroatoms. The number of ether oxygens (including phenoxy) is 2. The van der Waals surface area contributed by atoms with E-state index in [-0.39, 0.29) is 14.9 Å². The Morgan fingerprint density at radius 2 is 1.77 bits per heavy atom. The predicted octanol–water partition coefficient (Wildman–Crippen LogP) is 3.92. The van der Waals surface area contributed by atoms with Crippen LogP contribution in [0.25, 0.3) is 16.9 Å². The Balaban J connectivity index is 0.00000171. The number of benzene rings is 2. The summed E-state index contributed by atoms with van der Waals surface area (Å²) in [7, 11) is 3.15. The number of hydrogen-bond acceptors (Lipinski definition) is 7. The average Bonchev–Trinajstić information content (AvgIpc) is 3.22. The topological polar surface area (TPSA) is 117 Å². The number of fused-ring (bicyclic) bond motifs is 1. The van der Waals surface area contributed by atoms with Gasteiger partial charge in [0.15, 0.2) is 17.1 Å². The highest BCUT2D eigenvalue weighted by molar-refractivity contribution is 5.99. The van der Waals surface area contributed by atoms with Crippen molar-refractivity contribution in [3.8, 4) is 22.8 Å². The van der Waals surface area contributed by atoms with Crippen LogP contribution < -0.4 is 20.5 Å². The minimum atomic E-state index is -0.543. The van der Waals surface area contributed by atoms with Crippen LogP contribution in [0.5, 0.6) is 11.5 Å². The van der Waals surface area contributed by atoms with E-state index in [2.05, 4.69) is 20.4 Å². The molecule has 0 aliphatic heterocycles. The Kier molecular flexibility index (Phi) is 7.15. The summed E-state index contributed by atoms with van der Waals surface area (Å²) >= 11 is 0. The van der Waals surface area contributed by atoms with Crippen LogP contribution >= 0.6 is 0 Å². The molecule has 3 N–H and O–H groups in total. The minimum absolute atomic E-state index is 0. The summed E-state index contributed by atoms with van der Waals surface area (Å²) in [5.41, 5.74) is 8.39. The van der Waals surface area contributed by atoms with Gasteiger partial charge in [-0.25, -0.2) is 9.97 Å². The first-order valence-electron chi connectivity index (χ1n) is 8.69. The fourth-order valence-electron chi connectivity index (χ4n) is 2.98. The molecule has 4 rings (SSSR count). The molecular weight excluding hydrogens is 396 g/mol. The summed E-state index contributed by atoms with van der Waals surface area (Å²) < 4.78 is 12.2. The zero-order valence-electron chi connectivity index (χ0n) is 15.8. The van der Waals surface area contributed by atoms with E-state index in [1.807, 2.05) is 12.1 Å². The molecule has 0 aliphatic carbocycles. The van der Waals surface area contributed by atoms with Crippen LogP contribution in [0.1, 0.15) is 25.2 Å². The number of aromatic nitrogens is 4. The second-order valence-corrected chi connectivity index (χ2v) is 6.10. The maximum absolute atomic E-state index is 11.7. The van der Waals surface area contributed by atoms with Crippen LogP contribution in [0.2, 0.25) is 0 Å². The van der Waals surface area contributed by atoms with Gasteiger partial charge >= 0.3 is 0 Å². The predicted molar refractivity (Wildman–Crippen MR) is 121 cm³/mol. The third kappa shape index (κ3) is 4.40. The van der Waals surface area contributed by atoms with Crippen LogP contribution in [-0.2, 0) is 0 Å². The van der Waals surface area contributed by atoms with Crippen molar-refractivity contribution in [1.82, 2.24) is 19.6 Å². The number of nitrogens with zero attached hydrogens (tertiary/aromatic N) is 4. The summed E-state index contributed by atoms with van der Waals surface area (Å²) in [6, 6.07) is 14.2. The molecule has 0 fully saturated rings. The standard InChI is InChI=1S/C20H18N6O3.2CH4/c1-28-16-8-7-12(9-17(16)29-2)15-10-18-22-11-23-26(18)20(25-15)24-14-6-4-3-5-13(14)19(21)27;;/h3-11H,1-2H3,(H2,21,27)(H,24,25);2*1H4. The largest absolute Gasteiger partial charge is 0.493 e. The molecular formula is C22H26N6O3. The lowest BCUT2D eigenvalue weighted by molar-refractivity contribution is 0.100. The molecule has 31 heavy (non-hydrogen) atoms. The number of methoxy groups -OCH3 is 2. The molecule has 0 saturated carbocycles. The Bertz CT molecular complexity index is 1210. The van der Waals surface area contributed by atoms with Crippen LogP contribution in [-0.4, -0.2) is 39.7 Å². The van der Waals surface area contributed by atoms with E-state index >= 15 is 0 Å². The summed E-state index contributed by atoms with van der Waals surface area (Å²) in [6.07, 6.45) is 1.43. The Morgan fingerprint density at radius 1 is 1.03 bits per heavy atom. The van der Waals surface area contributed by atoms with Gasteiger partial charge in [-0.1, -0.05) is 27.0 Å². The lowest BCUT2D eigenvalue weighted by atomic mass is 10.1. The molecule has 0 aliphatic rings. The van der Waals surface area contributed by atoms with Gasteiger partial charge < -0.3 is 20.5 Å². The summed E-state index contributed by atoms with van der Waals surface area (Å²) in [6.45, 7) is 0. The van der Waals surface area contributed by atoms with Gasteiger partial charge in [0, 0.05) is 11.6 Å². The molecule has 2 heterocycles. The summed E-state index contributed by atoms with van der Waals surface area (Å²) in [5, 5.41) is 7.34. The second-order valence-electron chi connectivity index (χ2n) is 6.10. The van der Waals surface area contributed by atoms with Crippen LogP contribution in [0, 0.1) is 0 Å². The number of hydrogen-bond donors (Lipinski definition) is 2. The monoisotopic (exact) mass is 422 g/mol. The van der Waals surface area contributed by atoms with Gasteiger partial charge in [0.2, 0.25) is 5.95 Å². The molecule has 0 spiro atoms. The van der Waals surface area contributed by atoms with E-state index in [9.17, 15) is 4.79 Å². The van der Waals surface area contributed by atoms with Gasteiger partial charge in [-0.15, -0.1) is 0 Å². The maximum Gasteiger partial charge on any atom is 0.250 e. The van der Waals surface area contributed by atoms with Gasteiger partial charge in [-0.2, -0.15) is 9.61 Å². The molecule has 0 bridgehead atoms. The SMILES string of the molecule is C.C.COc1ccc(-c2cc3ncnn3c(Nc3ccccc3C(N)=O)n2)cc1OC. The van der Waals surface area contributed by atoms with Crippen molar-refractivity contribution >= 4 is 23.2 Å². The molecule has 0 atom stereocenters. The molecule has 2 aromatic carbocycles. The zero-order chi connectivity index (χ0) is 20.4. The van der Waals surface area contributed by atoms with Crippen molar-refractivity contribution < 1.29 is 14.3 Å². The first kappa shape index (κ1) is 23.1. The normalized spacial score (nSPS) is 10.0. The van der Waals surface area contributed by atoms with E-state index in [1.165, 1.54) is 6.33 Å². The smallest absolute Gasteiger partial charge is 0.250 e. The number of para-hydroxylation sites is 1. The maximum atomic E-state index is 11.7. The van der Waals surface area contributed by atoms with E-state index in [4.69, 9.17) is 15.2 Å². The average molecular weight is 422 g/mol. The highest BCUT2D eigenvalue weighted by Crippen LogP contribution is 2.32. The van der Waals surface area contributed by atoms with Crippen molar-refractivity contribution in [1.29, 1.82) is 0 Å². The van der Waals surface area contributed by atoms with Crippen molar-refractivity contribution in [2.45, 2.75) is 14.9 Å². The molecule has 0 unspecified atom stereocenters. The first-order chi connectivity index (χ1) is 14.1. The van der Waals surface area contributed by atoms with Gasteiger partial charge in [-0.05, 0) is 30.3 Å². The quantitative estimate of drug-likeness (QED) is 0.483. The van der Waals surface area contributed by atoms with Crippen molar-refractivity contribution in [2.75, 3.05) is 19.5 Å². The van der Waals surface area contributed by atoms with Crippen LogP contribution in [0.15, 0.2) is 54.9 Å². The number of rotatable bonds is 6. The van der Waals surface area contributed by atoms with Crippen molar-refractivity contribution in [3.63, 3.8) is 0 Å². The molecule has 9 nitrogen and oxygen atoms in total. The number of nitrogens with one attached hydrogen (secondary N) is 1. The highest BCUT2D eigenvalue weighted by Gasteiger charge is 2.14. The van der Waals surface area contributed by atoms with E-state index in [0.29, 0.717) is 40.0 Å². The first-order valence-corrected chi connectivity index (χ1v) is 8.69. The van der Waals surface area contributed by atoms with Crippen LogP contribution in [0.3, 0.4) is 0 Å². The number of carbonyl (C=O) groups is 1. The Hall–Kier alpha value is -4.14. The summed E-state index contributed by atoms with van der Waals surface area (Å²) in [4.78, 5) is 20.7. The number of amides is 1. The van der Waals surface area contributed by atoms with Crippen LogP contribution in [0.4, 0.5) is 11.6 Å². The molecule has 4 aromatic rings. The Labute approximate surface area is 180 Å². The fraction of sp³-hybridized carbons (Fsp3) is 0.182. The number of primary amides is 1. The summed E-state index contributed by atoms with van der Waals surface area (Å²) in [5.74, 6) is 1.05. The second kappa shape index (κ2) is 9.57. The zero-order valence-corrected chi connectivity index (χ0v) is 15.8. The lowest BCUT2D eigenvalue weighted by Crippen LogP contribution is -2.14. The molecule has 2 aromatic heterocycles. The lowest BCUT2D eigenvalue weighted by Gasteiger charge is -2.13.